The number of amides is 2. The second-order valence-corrected chi connectivity index (χ2v) is 6.46. The van der Waals surface area contributed by atoms with E-state index in [1.807, 2.05) is 42.5 Å². The van der Waals surface area contributed by atoms with Crippen molar-refractivity contribution in [3.63, 3.8) is 0 Å². The lowest BCUT2D eigenvalue weighted by molar-refractivity contribution is 0.0520. The smallest absolute Gasteiger partial charge is 0.275 e. The highest BCUT2D eigenvalue weighted by Gasteiger charge is 2.33. The zero-order valence-corrected chi connectivity index (χ0v) is 15.1. The monoisotopic (exact) mass is 360 g/mol. The minimum atomic E-state index is -0.328. The van der Waals surface area contributed by atoms with Crippen molar-refractivity contribution >= 4 is 22.6 Å². The standard InChI is InChI=1S/C22H20N2O3/c1-2-3-14-23-24-21(25)17-11-7-10-16-19(27-15-8-5-4-6-9-15)13-12-18(20(16)17)22(24)26/h4-13,23H,2-3,14H2,1H3. The zero-order chi connectivity index (χ0) is 18.8. The van der Waals surface area contributed by atoms with Crippen LogP contribution in [0.4, 0.5) is 0 Å². The van der Waals surface area contributed by atoms with Crippen LogP contribution in [0.25, 0.3) is 10.8 Å². The predicted octanol–water partition coefficient (Wildman–Crippen LogP) is 4.53. The maximum atomic E-state index is 12.9. The summed E-state index contributed by atoms with van der Waals surface area (Å²) in [6.07, 6.45) is 1.87. The van der Waals surface area contributed by atoms with Crippen LogP contribution in [0.2, 0.25) is 0 Å². The molecule has 5 nitrogen and oxygen atoms in total. The van der Waals surface area contributed by atoms with Crippen LogP contribution in [0.15, 0.2) is 60.7 Å². The molecule has 3 aromatic rings. The molecular formula is C22H20N2O3. The molecule has 0 saturated carbocycles. The summed E-state index contributed by atoms with van der Waals surface area (Å²) in [5, 5.41) is 2.53. The number of rotatable bonds is 6. The number of hydrogen-bond donors (Lipinski definition) is 1. The van der Waals surface area contributed by atoms with Crippen LogP contribution in [0, 0.1) is 0 Å². The zero-order valence-electron chi connectivity index (χ0n) is 15.1. The van der Waals surface area contributed by atoms with Crippen LogP contribution in [-0.2, 0) is 0 Å². The van der Waals surface area contributed by atoms with Gasteiger partial charge in [0.2, 0.25) is 0 Å². The molecule has 0 bridgehead atoms. The Morgan fingerprint density at radius 2 is 1.63 bits per heavy atom. The lowest BCUT2D eigenvalue weighted by Gasteiger charge is -2.28. The first-order chi connectivity index (χ1) is 13.2. The van der Waals surface area contributed by atoms with E-state index in [4.69, 9.17) is 4.74 Å². The van der Waals surface area contributed by atoms with Gasteiger partial charge in [0.15, 0.2) is 0 Å². The molecule has 3 aromatic carbocycles. The Morgan fingerprint density at radius 3 is 2.37 bits per heavy atom. The largest absolute Gasteiger partial charge is 0.457 e. The Kier molecular flexibility index (Phi) is 4.60. The highest BCUT2D eigenvalue weighted by molar-refractivity contribution is 6.25. The number of imide groups is 1. The number of benzene rings is 3. The number of ether oxygens (including phenoxy) is 1. The molecule has 0 unspecified atom stereocenters. The normalized spacial score (nSPS) is 13.3. The van der Waals surface area contributed by atoms with E-state index in [1.54, 1.807) is 18.2 Å². The molecule has 1 heterocycles. The van der Waals surface area contributed by atoms with Crippen LogP contribution >= 0.6 is 0 Å². The summed E-state index contributed by atoms with van der Waals surface area (Å²) in [6, 6.07) is 18.4. The number of hydrazine groups is 1. The van der Waals surface area contributed by atoms with Crippen molar-refractivity contribution in [2.75, 3.05) is 6.54 Å². The summed E-state index contributed by atoms with van der Waals surface area (Å²) in [7, 11) is 0. The van der Waals surface area contributed by atoms with Gasteiger partial charge in [-0.1, -0.05) is 43.7 Å². The van der Waals surface area contributed by atoms with Crippen molar-refractivity contribution in [3.8, 4) is 11.5 Å². The number of unbranched alkanes of at least 4 members (excludes halogenated alkanes) is 1. The Balaban J connectivity index is 1.77. The number of carbonyl (C=O) groups is 2. The lowest BCUT2D eigenvalue weighted by atomic mass is 9.94. The molecule has 0 saturated heterocycles. The van der Waals surface area contributed by atoms with E-state index in [0.29, 0.717) is 34.6 Å². The van der Waals surface area contributed by atoms with Crippen molar-refractivity contribution in [2.45, 2.75) is 19.8 Å². The minimum Gasteiger partial charge on any atom is -0.457 e. The molecule has 0 aliphatic carbocycles. The molecule has 0 radical (unpaired) electrons. The number of para-hydroxylation sites is 1. The number of nitrogens with zero attached hydrogens (tertiary/aromatic N) is 1. The Hall–Kier alpha value is -3.18. The molecule has 5 heteroatoms. The molecule has 27 heavy (non-hydrogen) atoms. The number of nitrogens with one attached hydrogen (secondary N) is 1. The highest BCUT2D eigenvalue weighted by Crippen LogP contribution is 2.36. The first-order valence-electron chi connectivity index (χ1n) is 9.11. The van der Waals surface area contributed by atoms with E-state index in [9.17, 15) is 9.59 Å². The van der Waals surface area contributed by atoms with Crippen molar-refractivity contribution in [3.05, 3.63) is 71.8 Å². The van der Waals surface area contributed by atoms with Crippen LogP contribution < -0.4 is 10.2 Å². The molecule has 1 aliphatic heterocycles. The molecule has 1 aliphatic rings. The van der Waals surface area contributed by atoms with Crippen LogP contribution in [0.5, 0.6) is 11.5 Å². The molecule has 2 amide bonds. The first-order valence-corrected chi connectivity index (χ1v) is 9.11. The van der Waals surface area contributed by atoms with Gasteiger partial charge in [-0.2, -0.15) is 0 Å². The van der Waals surface area contributed by atoms with Crippen LogP contribution in [-0.4, -0.2) is 23.4 Å². The lowest BCUT2D eigenvalue weighted by Crippen LogP contribution is -2.49. The highest BCUT2D eigenvalue weighted by atomic mass is 16.5. The summed E-state index contributed by atoms with van der Waals surface area (Å²) < 4.78 is 6.00. The van der Waals surface area contributed by atoms with Gasteiger partial charge < -0.3 is 4.74 Å². The summed E-state index contributed by atoms with van der Waals surface area (Å²) in [5.41, 5.74) is 3.97. The second-order valence-electron chi connectivity index (χ2n) is 6.46. The Morgan fingerprint density at radius 1 is 0.889 bits per heavy atom. The summed E-state index contributed by atoms with van der Waals surface area (Å²) >= 11 is 0. The molecular weight excluding hydrogens is 340 g/mol. The number of hydrogen-bond acceptors (Lipinski definition) is 4. The van der Waals surface area contributed by atoms with Crippen molar-refractivity contribution in [1.82, 2.24) is 10.4 Å². The first kappa shape index (κ1) is 17.2. The maximum Gasteiger partial charge on any atom is 0.275 e. The van der Waals surface area contributed by atoms with Gasteiger partial charge in [-0.3, -0.25) is 9.59 Å². The molecule has 0 fully saturated rings. The summed E-state index contributed by atoms with van der Waals surface area (Å²) in [4.78, 5) is 25.8. The van der Waals surface area contributed by atoms with Gasteiger partial charge in [0.05, 0.1) is 11.1 Å². The van der Waals surface area contributed by atoms with Gasteiger partial charge in [-0.05, 0) is 36.8 Å². The second kappa shape index (κ2) is 7.21. The fourth-order valence-electron chi connectivity index (χ4n) is 3.29. The molecule has 4 rings (SSSR count). The van der Waals surface area contributed by atoms with E-state index in [1.165, 1.54) is 0 Å². The molecule has 0 atom stereocenters. The molecule has 1 N–H and O–H groups in total. The van der Waals surface area contributed by atoms with E-state index in [-0.39, 0.29) is 11.8 Å². The van der Waals surface area contributed by atoms with Crippen LogP contribution in [0.3, 0.4) is 0 Å². The van der Waals surface area contributed by atoms with Crippen molar-refractivity contribution in [2.24, 2.45) is 0 Å². The quantitative estimate of drug-likeness (QED) is 0.518. The van der Waals surface area contributed by atoms with Crippen molar-refractivity contribution in [1.29, 1.82) is 0 Å². The molecule has 0 spiro atoms. The topological polar surface area (TPSA) is 58.6 Å². The van der Waals surface area contributed by atoms with Gasteiger partial charge in [-0.15, -0.1) is 0 Å². The van der Waals surface area contributed by atoms with E-state index >= 15 is 0 Å². The Bertz CT molecular complexity index is 992. The molecule has 136 valence electrons. The third-order valence-electron chi connectivity index (χ3n) is 4.64. The Labute approximate surface area is 157 Å². The van der Waals surface area contributed by atoms with E-state index < -0.39 is 0 Å². The van der Waals surface area contributed by atoms with Gasteiger partial charge >= 0.3 is 0 Å². The third-order valence-corrected chi connectivity index (χ3v) is 4.64. The van der Waals surface area contributed by atoms with Crippen molar-refractivity contribution < 1.29 is 14.3 Å². The predicted molar refractivity (Wildman–Crippen MR) is 104 cm³/mol. The van der Waals surface area contributed by atoms with Gasteiger partial charge in [0.1, 0.15) is 11.5 Å². The van der Waals surface area contributed by atoms with E-state index in [0.717, 1.165) is 23.2 Å². The van der Waals surface area contributed by atoms with Gasteiger partial charge in [0.25, 0.3) is 11.8 Å². The minimum absolute atomic E-state index is 0.328. The van der Waals surface area contributed by atoms with E-state index in [2.05, 4.69) is 12.3 Å². The van der Waals surface area contributed by atoms with Gasteiger partial charge in [0, 0.05) is 17.3 Å². The average molecular weight is 360 g/mol. The maximum absolute atomic E-state index is 12.9. The number of carbonyl (C=O) groups excluding carboxylic acids is 2. The fraction of sp³-hybridized carbons (Fsp3) is 0.182. The molecule has 0 aromatic heterocycles. The SMILES string of the molecule is CCCCNN1C(=O)c2cccc3c(Oc4ccccc4)ccc(c23)C1=O. The fourth-order valence-corrected chi connectivity index (χ4v) is 3.29. The summed E-state index contributed by atoms with van der Waals surface area (Å²) in [5.74, 6) is 0.668. The van der Waals surface area contributed by atoms with Crippen LogP contribution in [0.1, 0.15) is 40.5 Å². The average Bonchev–Trinajstić information content (AvgIpc) is 2.70. The third kappa shape index (κ3) is 3.06. The van der Waals surface area contributed by atoms with Gasteiger partial charge in [-0.25, -0.2) is 10.4 Å². The summed E-state index contributed by atoms with van der Waals surface area (Å²) in [6.45, 7) is 2.64.